The van der Waals surface area contributed by atoms with Crippen LogP contribution in [0, 0.1) is 11.6 Å². The fraction of sp³-hybridized carbons (Fsp3) is 0.188. The van der Waals surface area contributed by atoms with Crippen LogP contribution in [0.1, 0.15) is 27.3 Å². The number of carboxylic acids is 1. The Kier molecular flexibility index (Phi) is 8.25. The lowest BCUT2D eigenvalue weighted by Crippen LogP contribution is -2.10. The molecule has 1 N–H and O–H groups in total. The smallest absolute Gasteiger partial charge is 0.335 e. The van der Waals surface area contributed by atoms with Crippen molar-refractivity contribution in [1.82, 2.24) is 34.5 Å². The maximum Gasteiger partial charge on any atom is 0.335 e. The molecule has 0 radical (unpaired) electrons. The average Bonchev–Trinajstić information content (AvgIpc) is 3.63. The third-order valence-electron chi connectivity index (χ3n) is 7.15. The van der Waals surface area contributed by atoms with Crippen LogP contribution in [0.3, 0.4) is 0 Å². The van der Waals surface area contributed by atoms with E-state index in [0.717, 1.165) is 17.7 Å². The van der Waals surface area contributed by atoms with E-state index in [4.69, 9.17) is 9.47 Å². The Hall–Kier alpha value is -5.56. The first-order valence-corrected chi connectivity index (χ1v) is 13.9. The van der Waals surface area contributed by atoms with E-state index in [1.165, 1.54) is 12.1 Å². The van der Waals surface area contributed by atoms with Crippen LogP contribution < -0.4 is 4.74 Å². The third-order valence-corrected chi connectivity index (χ3v) is 7.15. The highest BCUT2D eigenvalue weighted by Gasteiger charge is 2.18. The van der Waals surface area contributed by atoms with Gasteiger partial charge in [-0.2, -0.15) is 0 Å². The van der Waals surface area contributed by atoms with Gasteiger partial charge in [-0.25, -0.2) is 23.5 Å². The van der Waals surface area contributed by atoms with Crippen molar-refractivity contribution in [2.45, 2.75) is 19.6 Å². The van der Waals surface area contributed by atoms with Gasteiger partial charge in [0.1, 0.15) is 29.8 Å². The molecule has 0 spiro atoms. The highest BCUT2D eigenvalue weighted by atomic mass is 19.1. The van der Waals surface area contributed by atoms with Gasteiger partial charge in [0.05, 0.1) is 40.8 Å². The molecule has 4 heterocycles. The number of carbonyl (C=O) groups is 1. The quantitative estimate of drug-likeness (QED) is 0.213. The molecule has 6 aromatic rings. The SMILES string of the molecule is COCCn1c(Cc2cc(F)c(-c3cccc(OCc4ccc(-c5cn(C)nn5)nc4)n3)cc2F)nc2ccc(C(=O)O)cc21. The number of carboxylic acid groups (broad SMARTS) is 1. The van der Waals surface area contributed by atoms with Crippen LogP contribution >= 0.6 is 0 Å². The van der Waals surface area contributed by atoms with Gasteiger partial charge < -0.3 is 19.1 Å². The molecule has 0 aliphatic carbocycles. The Labute approximate surface area is 255 Å². The van der Waals surface area contributed by atoms with Crippen molar-refractivity contribution in [3.05, 3.63) is 107 Å². The molecule has 0 aliphatic heterocycles. The van der Waals surface area contributed by atoms with E-state index >= 15 is 8.78 Å². The number of aryl methyl sites for hydroxylation is 1. The van der Waals surface area contributed by atoms with Crippen molar-refractivity contribution >= 4 is 17.0 Å². The number of benzene rings is 2. The van der Waals surface area contributed by atoms with Crippen LogP contribution in [-0.2, 0) is 31.4 Å². The number of hydrogen-bond acceptors (Lipinski definition) is 8. The molecule has 45 heavy (non-hydrogen) atoms. The maximum absolute atomic E-state index is 15.5. The summed E-state index contributed by atoms with van der Waals surface area (Å²) in [6.45, 7) is 0.838. The van der Waals surface area contributed by atoms with E-state index in [1.54, 1.807) is 60.1 Å². The Morgan fingerprint density at radius 1 is 0.978 bits per heavy atom. The molecular formula is C32H27F2N7O4. The van der Waals surface area contributed by atoms with E-state index in [1.807, 2.05) is 12.1 Å². The number of hydrogen-bond donors (Lipinski definition) is 1. The van der Waals surface area contributed by atoms with Crippen molar-refractivity contribution in [3.8, 4) is 28.5 Å². The summed E-state index contributed by atoms with van der Waals surface area (Å²) in [5.74, 6) is -1.68. The standard InChI is InChI=1S/C32H27F2N7O4/c1-40-17-28(38-39-40)26-8-6-19(16-35-26)18-45-31-5-3-4-25(37-31)22-15-23(33)21(12-24(22)34)14-30-36-27-9-7-20(32(42)43)13-29(27)41(30)10-11-44-2/h3-9,12-13,15-17H,10-11,14,18H2,1-2H3,(H,42,43). The molecule has 0 aliphatic rings. The highest BCUT2D eigenvalue weighted by Crippen LogP contribution is 2.28. The molecule has 0 unspecified atom stereocenters. The maximum atomic E-state index is 15.5. The summed E-state index contributed by atoms with van der Waals surface area (Å²) in [7, 11) is 3.32. The highest BCUT2D eigenvalue weighted by molar-refractivity contribution is 5.92. The number of aromatic carboxylic acids is 1. The molecule has 2 aromatic carbocycles. The molecule has 228 valence electrons. The van der Waals surface area contributed by atoms with Gasteiger partial charge in [-0.3, -0.25) is 9.67 Å². The predicted octanol–water partition coefficient (Wildman–Crippen LogP) is 5.08. The summed E-state index contributed by atoms with van der Waals surface area (Å²) < 4.78 is 45.3. The summed E-state index contributed by atoms with van der Waals surface area (Å²) in [6, 6.07) is 15.3. The van der Waals surface area contributed by atoms with Crippen molar-refractivity contribution in [2.24, 2.45) is 7.05 Å². The van der Waals surface area contributed by atoms with Gasteiger partial charge in [0.2, 0.25) is 5.88 Å². The van der Waals surface area contributed by atoms with Crippen LogP contribution in [0.2, 0.25) is 0 Å². The summed E-state index contributed by atoms with van der Waals surface area (Å²) in [4.78, 5) is 24.9. The number of halogens is 2. The molecule has 13 heteroatoms. The first-order valence-electron chi connectivity index (χ1n) is 13.9. The van der Waals surface area contributed by atoms with Crippen LogP contribution in [-0.4, -0.2) is 59.3 Å². The average molecular weight is 612 g/mol. The molecule has 0 atom stereocenters. The normalized spacial score (nSPS) is 11.3. The molecule has 11 nitrogen and oxygen atoms in total. The monoisotopic (exact) mass is 611 g/mol. The third kappa shape index (κ3) is 6.38. The van der Waals surface area contributed by atoms with Crippen LogP contribution in [0.5, 0.6) is 5.88 Å². The first-order chi connectivity index (χ1) is 21.8. The predicted molar refractivity (Wildman–Crippen MR) is 160 cm³/mol. The van der Waals surface area contributed by atoms with Crippen molar-refractivity contribution in [2.75, 3.05) is 13.7 Å². The number of pyridine rings is 2. The molecule has 0 saturated carbocycles. The molecule has 0 amide bonds. The van der Waals surface area contributed by atoms with Crippen molar-refractivity contribution < 1.29 is 28.2 Å². The molecule has 0 fully saturated rings. The van der Waals surface area contributed by atoms with Gasteiger partial charge >= 0.3 is 5.97 Å². The minimum atomic E-state index is -1.07. The number of nitrogens with zero attached hydrogens (tertiary/aromatic N) is 7. The second kappa shape index (κ2) is 12.6. The number of rotatable bonds is 11. The first kappa shape index (κ1) is 29.5. The van der Waals surface area contributed by atoms with Crippen LogP contribution in [0.4, 0.5) is 8.78 Å². The topological polar surface area (TPSA) is 130 Å². The number of methoxy groups -OCH3 is 1. The second-order valence-electron chi connectivity index (χ2n) is 10.3. The minimum Gasteiger partial charge on any atom is -0.478 e. The molecule has 4 aromatic heterocycles. The van der Waals surface area contributed by atoms with E-state index in [-0.39, 0.29) is 41.3 Å². The lowest BCUT2D eigenvalue weighted by atomic mass is 10.0. The summed E-state index contributed by atoms with van der Waals surface area (Å²) in [5.41, 5.74) is 3.60. The Bertz CT molecular complexity index is 2010. The Balaban J connectivity index is 1.20. The fourth-order valence-corrected chi connectivity index (χ4v) is 4.89. The van der Waals surface area contributed by atoms with E-state index in [9.17, 15) is 9.90 Å². The number of imidazole rings is 1. The summed E-state index contributed by atoms with van der Waals surface area (Å²) in [6.07, 6.45) is 3.40. The molecule has 6 rings (SSSR count). The van der Waals surface area contributed by atoms with Crippen molar-refractivity contribution in [3.63, 3.8) is 0 Å². The van der Waals surface area contributed by atoms with Gasteiger partial charge in [-0.15, -0.1) is 5.10 Å². The number of ether oxygens (including phenoxy) is 2. The molecular weight excluding hydrogens is 584 g/mol. The Morgan fingerprint density at radius 3 is 2.58 bits per heavy atom. The van der Waals surface area contributed by atoms with Crippen LogP contribution in [0.15, 0.2) is 73.1 Å². The molecule has 0 bridgehead atoms. The lowest BCUT2D eigenvalue weighted by molar-refractivity contribution is 0.0697. The van der Waals surface area contributed by atoms with Gasteiger partial charge in [-0.05, 0) is 48.0 Å². The van der Waals surface area contributed by atoms with Crippen molar-refractivity contribution in [1.29, 1.82) is 0 Å². The fourth-order valence-electron chi connectivity index (χ4n) is 4.89. The van der Waals surface area contributed by atoms with Crippen LogP contribution in [0.25, 0.3) is 33.7 Å². The van der Waals surface area contributed by atoms with Gasteiger partial charge in [0, 0.05) is 50.5 Å². The largest absolute Gasteiger partial charge is 0.478 e. The minimum absolute atomic E-state index is 0.0179. The second-order valence-corrected chi connectivity index (χ2v) is 10.3. The number of fused-ring (bicyclic) bond motifs is 1. The zero-order valence-corrected chi connectivity index (χ0v) is 24.3. The van der Waals surface area contributed by atoms with Gasteiger partial charge in [-0.1, -0.05) is 17.3 Å². The van der Waals surface area contributed by atoms with E-state index in [2.05, 4.69) is 25.3 Å². The van der Waals surface area contributed by atoms with E-state index < -0.39 is 17.6 Å². The van der Waals surface area contributed by atoms with E-state index in [0.29, 0.717) is 41.4 Å². The zero-order valence-electron chi connectivity index (χ0n) is 24.3. The van der Waals surface area contributed by atoms with Gasteiger partial charge in [0.15, 0.2) is 0 Å². The summed E-state index contributed by atoms with van der Waals surface area (Å²) in [5, 5.41) is 17.4. The number of aromatic nitrogens is 7. The summed E-state index contributed by atoms with van der Waals surface area (Å²) >= 11 is 0. The van der Waals surface area contributed by atoms with Gasteiger partial charge in [0.25, 0.3) is 0 Å². The Morgan fingerprint density at radius 2 is 1.84 bits per heavy atom. The lowest BCUT2D eigenvalue weighted by Gasteiger charge is -2.12. The molecule has 0 saturated heterocycles. The zero-order chi connectivity index (χ0) is 31.5.